The average molecular weight is 408 g/mol. The van der Waals surface area contributed by atoms with E-state index >= 15 is 0 Å². The number of nitrogens with one attached hydrogen (secondary N) is 2. The molecule has 3 aromatic rings. The fraction of sp³-hybridized carbons (Fsp3) is 0.136. The number of amides is 2. The van der Waals surface area contributed by atoms with Crippen molar-refractivity contribution < 1.29 is 19.1 Å². The molecule has 2 N–H and O–H groups in total. The summed E-state index contributed by atoms with van der Waals surface area (Å²) < 4.78 is 4.85. The van der Waals surface area contributed by atoms with E-state index in [1.807, 2.05) is 48.5 Å². The summed E-state index contributed by atoms with van der Waals surface area (Å²) in [5, 5.41) is 5.85. The SMILES string of the molecule is COC(=O)c1c(NC(=O)Cc2ccccc2)sc(C(=O)Nc2ccccc2)c1C. The largest absolute Gasteiger partial charge is 0.465 e. The second-order valence-corrected chi connectivity index (χ2v) is 7.30. The zero-order valence-corrected chi connectivity index (χ0v) is 16.8. The molecule has 0 spiro atoms. The molecule has 0 saturated heterocycles. The van der Waals surface area contributed by atoms with Crippen LogP contribution in [0.15, 0.2) is 60.7 Å². The van der Waals surface area contributed by atoms with E-state index in [0.717, 1.165) is 16.9 Å². The van der Waals surface area contributed by atoms with Crippen molar-refractivity contribution in [2.75, 3.05) is 17.7 Å². The fourth-order valence-corrected chi connectivity index (χ4v) is 3.93. The van der Waals surface area contributed by atoms with Gasteiger partial charge in [-0.05, 0) is 30.2 Å². The highest BCUT2D eigenvalue weighted by atomic mass is 32.1. The van der Waals surface area contributed by atoms with Gasteiger partial charge in [0, 0.05) is 5.69 Å². The molecule has 1 aromatic heterocycles. The predicted octanol–water partition coefficient (Wildman–Crippen LogP) is 4.28. The minimum atomic E-state index is -0.604. The highest BCUT2D eigenvalue weighted by molar-refractivity contribution is 7.18. The standard InChI is InChI=1S/C22H20N2O4S/c1-14-18(22(27)28-2)21(24-17(25)13-15-9-5-3-6-10-15)29-19(14)20(26)23-16-11-7-4-8-12-16/h3-12H,13H2,1-2H3,(H,23,26)(H,24,25). The lowest BCUT2D eigenvalue weighted by atomic mass is 10.1. The van der Waals surface area contributed by atoms with Crippen molar-refractivity contribution in [2.45, 2.75) is 13.3 Å². The Labute approximate surface area is 172 Å². The monoisotopic (exact) mass is 408 g/mol. The molecule has 2 aromatic carbocycles. The first-order chi connectivity index (χ1) is 14.0. The maximum absolute atomic E-state index is 12.7. The number of thiophene rings is 1. The number of anilines is 2. The normalized spacial score (nSPS) is 10.3. The molecule has 0 radical (unpaired) electrons. The Morgan fingerprint density at radius 2 is 1.55 bits per heavy atom. The van der Waals surface area contributed by atoms with Crippen molar-refractivity contribution in [3.63, 3.8) is 0 Å². The van der Waals surface area contributed by atoms with Gasteiger partial charge in [0.15, 0.2) is 0 Å². The molecule has 3 rings (SSSR count). The number of esters is 1. The highest BCUT2D eigenvalue weighted by Gasteiger charge is 2.26. The topological polar surface area (TPSA) is 84.5 Å². The van der Waals surface area contributed by atoms with Crippen molar-refractivity contribution >= 4 is 39.8 Å². The lowest BCUT2D eigenvalue weighted by Crippen LogP contribution is -2.16. The molecule has 0 fully saturated rings. The van der Waals surface area contributed by atoms with Crippen LogP contribution in [0.2, 0.25) is 0 Å². The molecule has 6 nitrogen and oxygen atoms in total. The van der Waals surface area contributed by atoms with Crippen LogP contribution in [0.25, 0.3) is 0 Å². The Hall–Kier alpha value is -3.45. The summed E-state index contributed by atoms with van der Waals surface area (Å²) in [6.07, 6.45) is 0.157. The summed E-state index contributed by atoms with van der Waals surface area (Å²) in [6, 6.07) is 18.3. The molecule has 0 unspecified atom stereocenters. The summed E-state index contributed by atoms with van der Waals surface area (Å²) in [7, 11) is 1.26. The minimum Gasteiger partial charge on any atom is -0.465 e. The number of rotatable bonds is 6. The van der Waals surface area contributed by atoms with Gasteiger partial charge in [0.2, 0.25) is 5.91 Å². The Kier molecular flexibility index (Phi) is 6.41. The van der Waals surface area contributed by atoms with Crippen molar-refractivity contribution in [1.82, 2.24) is 0 Å². The first kappa shape index (κ1) is 20.3. The molecule has 0 aliphatic rings. The van der Waals surface area contributed by atoms with Gasteiger partial charge in [0.05, 0.1) is 24.0 Å². The predicted molar refractivity (Wildman–Crippen MR) is 114 cm³/mol. The lowest BCUT2D eigenvalue weighted by Gasteiger charge is -2.06. The van der Waals surface area contributed by atoms with Gasteiger partial charge in [0.25, 0.3) is 5.91 Å². The van der Waals surface area contributed by atoms with Crippen molar-refractivity contribution in [3.8, 4) is 0 Å². The van der Waals surface area contributed by atoms with Gasteiger partial charge in [-0.1, -0.05) is 48.5 Å². The zero-order valence-electron chi connectivity index (χ0n) is 16.0. The second kappa shape index (κ2) is 9.16. The van der Waals surface area contributed by atoms with E-state index in [-0.39, 0.29) is 23.8 Å². The Morgan fingerprint density at radius 1 is 0.931 bits per heavy atom. The lowest BCUT2D eigenvalue weighted by molar-refractivity contribution is -0.115. The van der Waals surface area contributed by atoms with Gasteiger partial charge in [0.1, 0.15) is 5.00 Å². The van der Waals surface area contributed by atoms with Gasteiger partial charge in [-0.2, -0.15) is 0 Å². The van der Waals surface area contributed by atoms with Gasteiger partial charge < -0.3 is 15.4 Å². The summed E-state index contributed by atoms with van der Waals surface area (Å²) in [5.74, 6) is -1.24. The maximum atomic E-state index is 12.7. The van der Waals surface area contributed by atoms with Crippen molar-refractivity contribution in [2.24, 2.45) is 0 Å². The van der Waals surface area contributed by atoms with E-state index < -0.39 is 5.97 Å². The summed E-state index contributed by atoms with van der Waals surface area (Å²) >= 11 is 1.05. The number of methoxy groups -OCH3 is 1. The number of hydrogen-bond acceptors (Lipinski definition) is 5. The number of ether oxygens (including phenoxy) is 1. The Bertz CT molecular complexity index is 1030. The van der Waals surface area contributed by atoms with Crippen LogP contribution < -0.4 is 10.6 Å². The molecular weight excluding hydrogens is 388 g/mol. The molecular formula is C22H20N2O4S. The Balaban J connectivity index is 1.86. The van der Waals surface area contributed by atoms with Crippen LogP contribution >= 0.6 is 11.3 Å². The van der Waals surface area contributed by atoms with Crippen LogP contribution in [0.4, 0.5) is 10.7 Å². The molecule has 0 atom stereocenters. The molecule has 2 amide bonds. The zero-order chi connectivity index (χ0) is 20.8. The number of carbonyl (C=O) groups excluding carboxylic acids is 3. The highest BCUT2D eigenvalue weighted by Crippen LogP contribution is 2.34. The second-order valence-electron chi connectivity index (χ2n) is 6.28. The smallest absolute Gasteiger partial charge is 0.341 e. The molecule has 148 valence electrons. The number of benzene rings is 2. The van der Waals surface area contributed by atoms with Crippen LogP contribution in [0.5, 0.6) is 0 Å². The molecule has 0 aliphatic heterocycles. The van der Waals surface area contributed by atoms with Gasteiger partial charge >= 0.3 is 5.97 Å². The summed E-state index contributed by atoms with van der Waals surface area (Å²) in [5.41, 5.74) is 2.14. The van der Waals surface area contributed by atoms with Crippen LogP contribution in [0.1, 0.15) is 31.2 Å². The summed E-state index contributed by atoms with van der Waals surface area (Å²) in [4.78, 5) is 37.8. The van der Waals surface area contributed by atoms with E-state index in [0.29, 0.717) is 21.1 Å². The first-order valence-electron chi connectivity index (χ1n) is 8.91. The number of para-hydroxylation sites is 1. The third-order valence-corrected chi connectivity index (χ3v) is 5.44. The molecule has 0 aliphatic carbocycles. The minimum absolute atomic E-state index is 0.157. The van der Waals surface area contributed by atoms with E-state index in [1.54, 1.807) is 19.1 Å². The average Bonchev–Trinajstić information content (AvgIpc) is 3.04. The maximum Gasteiger partial charge on any atom is 0.341 e. The number of hydrogen-bond donors (Lipinski definition) is 2. The fourth-order valence-electron chi connectivity index (χ4n) is 2.83. The quantitative estimate of drug-likeness (QED) is 0.597. The third-order valence-electron chi connectivity index (χ3n) is 4.23. The molecule has 0 bridgehead atoms. The van der Waals surface area contributed by atoms with Gasteiger partial charge in [-0.15, -0.1) is 11.3 Å². The van der Waals surface area contributed by atoms with Crippen LogP contribution in [-0.2, 0) is 16.0 Å². The van der Waals surface area contributed by atoms with Crippen molar-refractivity contribution in [3.05, 3.63) is 82.2 Å². The molecule has 29 heavy (non-hydrogen) atoms. The molecule has 7 heteroatoms. The van der Waals surface area contributed by atoms with Crippen molar-refractivity contribution in [1.29, 1.82) is 0 Å². The van der Waals surface area contributed by atoms with Crippen LogP contribution in [0, 0.1) is 6.92 Å². The van der Waals surface area contributed by atoms with E-state index in [2.05, 4.69) is 10.6 Å². The van der Waals surface area contributed by atoms with Gasteiger partial charge in [-0.25, -0.2) is 4.79 Å². The van der Waals surface area contributed by atoms with Crippen LogP contribution in [0.3, 0.4) is 0 Å². The third kappa shape index (κ3) is 4.89. The first-order valence-corrected chi connectivity index (χ1v) is 9.73. The van der Waals surface area contributed by atoms with E-state index in [9.17, 15) is 14.4 Å². The van der Waals surface area contributed by atoms with Gasteiger partial charge in [-0.3, -0.25) is 9.59 Å². The molecule has 1 heterocycles. The van der Waals surface area contributed by atoms with E-state index in [1.165, 1.54) is 7.11 Å². The van der Waals surface area contributed by atoms with Crippen LogP contribution in [-0.4, -0.2) is 24.9 Å². The van der Waals surface area contributed by atoms with E-state index in [4.69, 9.17) is 4.74 Å². The molecule has 0 saturated carbocycles. The Morgan fingerprint density at radius 3 is 2.17 bits per heavy atom. The summed E-state index contributed by atoms with van der Waals surface area (Å²) in [6.45, 7) is 1.66. The number of carbonyl (C=O) groups is 3.